The van der Waals surface area contributed by atoms with Crippen molar-refractivity contribution >= 4 is 20.8 Å². The largest absolute Gasteiger partial charge is 0.381 e. The van der Waals surface area contributed by atoms with Crippen LogP contribution in [0.4, 0.5) is 0 Å². The number of fused-ring (bicyclic) bond motifs is 1. The maximum Gasteiger partial charge on any atom is 0.212 e. The van der Waals surface area contributed by atoms with Crippen LogP contribution in [-0.2, 0) is 14.8 Å². The van der Waals surface area contributed by atoms with E-state index in [0.717, 1.165) is 22.8 Å². The maximum absolute atomic E-state index is 12.3. The molecule has 1 aliphatic heterocycles. The highest BCUT2D eigenvalue weighted by Crippen LogP contribution is 2.25. The van der Waals surface area contributed by atoms with Crippen molar-refractivity contribution in [3.8, 4) is 0 Å². The standard InChI is InChI=1S/C17H21NO3S/c1-13(18-22(19,20)12-14-9-10-21-11-14)16-8-4-6-15-5-2-3-7-17(15)16/h2-8,13-14,18H,9-12H2,1H3. The molecule has 1 aliphatic rings. The Labute approximate surface area is 131 Å². The van der Waals surface area contributed by atoms with Gasteiger partial charge in [0.25, 0.3) is 0 Å². The molecular formula is C17H21NO3S. The quantitative estimate of drug-likeness (QED) is 0.922. The van der Waals surface area contributed by atoms with Crippen molar-refractivity contribution in [1.29, 1.82) is 0 Å². The van der Waals surface area contributed by atoms with Crippen molar-refractivity contribution in [3.05, 3.63) is 48.0 Å². The van der Waals surface area contributed by atoms with Gasteiger partial charge in [-0.05, 0) is 35.6 Å². The van der Waals surface area contributed by atoms with Crippen LogP contribution >= 0.6 is 0 Å². The highest BCUT2D eigenvalue weighted by molar-refractivity contribution is 7.89. The van der Waals surface area contributed by atoms with Crippen LogP contribution in [-0.4, -0.2) is 27.4 Å². The number of nitrogens with one attached hydrogen (secondary N) is 1. The van der Waals surface area contributed by atoms with Crippen LogP contribution in [0, 0.1) is 5.92 Å². The van der Waals surface area contributed by atoms with Crippen molar-refractivity contribution in [1.82, 2.24) is 4.72 Å². The van der Waals surface area contributed by atoms with Gasteiger partial charge in [-0.25, -0.2) is 13.1 Å². The highest BCUT2D eigenvalue weighted by Gasteiger charge is 2.25. The van der Waals surface area contributed by atoms with E-state index in [0.29, 0.717) is 13.2 Å². The molecular weight excluding hydrogens is 298 g/mol. The fraction of sp³-hybridized carbons (Fsp3) is 0.412. The molecule has 0 saturated carbocycles. The van der Waals surface area contributed by atoms with Gasteiger partial charge < -0.3 is 4.74 Å². The summed E-state index contributed by atoms with van der Waals surface area (Å²) in [5, 5.41) is 2.21. The zero-order chi connectivity index (χ0) is 15.6. The second-order valence-corrected chi connectivity index (χ2v) is 7.72. The van der Waals surface area contributed by atoms with Crippen molar-refractivity contribution in [3.63, 3.8) is 0 Å². The zero-order valence-corrected chi connectivity index (χ0v) is 13.5. The lowest BCUT2D eigenvalue weighted by molar-refractivity contribution is 0.188. The summed E-state index contributed by atoms with van der Waals surface area (Å²) in [6, 6.07) is 13.8. The Morgan fingerprint density at radius 2 is 2.00 bits per heavy atom. The molecule has 22 heavy (non-hydrogen) atoms. The number of ether oxygens (including phenoxy) is 1. The SMILES string of the molecule is CC(NS(=O)(=O)CC1CCOC1)c1cccc2ccccc12. The summed E-state index contributed by atoms with van der Waals surface area (Å²) < 4.78 is 32.7. The molecule has 0 bridgehead atoms. The molecule has 0 aliphatic carbocycles. The molecule has 118 valence electrons. The molecule has 0 aromatic heterocycles. The van der Waals surface area contributed by atoms with Gasteiger partial charge in [-0.1, -0.05) is 42.5 Å². The maximum atomic E-state index is 12.3. The summed E-state index contributed by atoms with van der Waals surface area (Å²) >= 11 is 0. The van der Waals surface area contributed by atoms with E-state index in [-0.39, 0.29) is 17.7 Å². The van der Waals surface area contributed by atoms with E-state index in [9.17, 15) is 8.42 Å². The van der Waals surface area contributed by atoms with Crippen LogP contribution in [0.3, 0.4) is 0 Å². The Morgan fingerprint density at radius 1 is 1.23 bits per heavy atom. The van der Waals surface area contributed by atoms with Crippen LogP contribution in [0.15, 0.2) is 42.5 Å². The Kier molecular flexibility index (Phi) is 4.47. The number of benzene rings is 2. The Morgan fingerprint density at radius 3 is 2.77 bits per heavy atom. The molecule has 2 atom stereocenters. The number of sulfonamides is 1. The number of hydrogen-bond donors (Lipinski definition) is 1. The summed E-state index contributed by atoms with van der Waals surface area (Å²) in [5.41, 5.74) is 1.00. The monoisotopic (exact) mass is 319 g/mol. The third kappa shape index (κ3) is 3.48. The molecule has 5 heteroatoms. The summed E-state index contributed by atoms with van der Waals surface area (Å²) in [6.45, 7) is 3.10. The van der Waals surface area contributed by atoms with Crippen molar-refractivity contribution in [2.45, 2.75) is 19.4 Å². The summed E-state index contributed by atoms with van der Waals surface area (Å²) in [7, 11) is -3.31. The third-order valence-corrected chi connectivity index (χ3v) is 5.75. The van der Waals surface area contributed by atoms with Gasteiger partial charge >= 0.3 is 0 Å². The van der Waals surface area contributed by atoms with E-state index in [4.69, 9.17) is 4.74 Å². The van der Waals surface area contributed by atoms with Gasteiger partial charge in [-0.15, -0.1) is 0 Å². The molecule has 3 rings (SSSR count). The summed E-state index contributed by atoms with van der Waals surface area (Å²) in [4.78, 5) is 0. The van der Waals surface area contributed by atoms with Crippen molar-refractivity contribution in [2.24, 2.45) is 5.92 Å². The second kappa shape index (κ2) is 6.36. The Bertz CT molecular complexity index is 746. The Hall–Kier alpha value is -1.43. The first-order valence-corrected chi connectivity index (χ1v) is 9.26. The third-order valence-electron chi connectivity index (χ3n) is 4.13. The topological polar surface area (TPSA) is 55.4 Å². The lowest BCUT2D eigenvalue weighted by Gasteiger charge is -2.18. The molecule has 0 radical (unpaired) electrons. The molecule has 2 unspecified atom stereocenters. The molecule has 1 saturated heterocycles. The number of rotatable bonds is 5. The van der Waals surface area contributed by atoms with E-state index >= 15 is 0 Å². The predicted molar refractivity (Wildman–Crippen MR) is 88.2 cm³/mol. The second-order valence-electron chi connectivity index (χ2n) is 5.92. The van der Waals surface area contributed by atoms with Crippen LogP contribution < -0.4 is 4.72 Å². The normalized spacial score (nSPS) is 20.3. The first kappa shape index (κ1) is 15.5. The molecule has 2 aromatic carbocycles. The highest BCUT2D eigenvalue weighted by atomic mass is 32.2. The number of hydrogen-bond acceptors (Lipinski definition) is 3. The Balaban J connectivity index is 1.79. The fourth-order valence-corrected chi connectivity index (χ4v) is 4.68. The first-order chi connectivity index (χ1) is 10.6. The average molecular weight is 319 g/mol. The predicted octanol–water partition coefficient (Wildman–Crippen LogP) is 2.86. The minimum atomic E-state index is -3.31. The van der Waals surface area contributed by atoms with Gasteiger partial charge in [0.1, 0.15) is 0 Å². The van der Waals surface area contributed by atoms with Crippen LogP contribution in [0.25, 0.3) is 10.8 Å². The molecule has 1 fully saturated rings. The smallest absolute Gasteiger partial charge is 0.212 e. The molecule has 4 nitrogen and oxygen atoms in total. The lowest BCUT2D eigenvalue weighted by Crippen LogP contribution is -2.32. The fourth-order valence-electron chi connectivity index (χ4n) is 3.03. The lowest BCUT2D eigenvalue weighted by atomic mass is 10.0. The zero-order valence-electron chi connectivity index (χ0n) is 12.7. The molecule has 0 spiro atoms. The summed E-state index contributed by atoms with van der Waals surface area (Å²) in [5.74, 6) is 0.250. The summed E-state index contributed by atoms with van der Waals surface area (Å²) in [6.07, 6.45) is 0.823. The van der Waals surface area contributed by atoms with Gasteiger partial charge in [0.15, 0.2) is 0 Å². The van der Waals surface area contributed by atoms with E-state index < -0.39 is 10.0 Å². The van der Waals surface area contributed by atoms with Crippen LogP contribution in [0.5, 0.6) is 0 Å². The van der Waals surface area contributed by atoms with Crippen molar-refractivity contribution in [2.75, 3.05) is 19.0 Å². The van der Waals surface area contributed by atoms with E-state index in [2.05, 4.69) is 4.72 Å². The van der Waals surface area contributed by atoms with E-state index in [1.807, 2.05) is 49.4 Å². The first-order valence-electron chi connectivity index (χ1n) is 7.60. The van der Waals surface area contributed by atoms with E-state index in [1.165, 1.54) is 0 Å². The van der Waals surface area contributed by atoms with Crippen LogP contribution in [0.2, 0.25) is 0 Å². The van der Waals surface area contributed by atoms with Gasteiger partial charge in [-0.2, -0.15) is 0 Å². The van der Waals surface area contributed by atoms with Crippen molar-refractivity contribution < 1.29 is 13.2 Å². The molecule has 2 aromatic rings. The minimum Gasteiger partial charge on any atom is -0.381 e. The molecule has 0 amide bonds. The molecule has 1 heterocycles. The van der Waals surface area contributed by atoms with Gasteiger partial charge in [0, 0.05) is 12.6 Å². The van der Waals surface area contributed by atoms with E-state index in [1.54, 1.807) is 0 Å². The van der Waals surface area contributed by atoms with Gasteiger partial charge in [0.2, 0.25) is 10.0 Å². The van der Waals surface area contributed by atoms with Gasteiger partial charge in [-0.3, -0.25) is 0 Å². The van der Waals surface area contributed by atoms with Gasteiger partial charge in [0.05, 0.1) is 12.4 Å². The average Bonchev–Trinajstić information content (AvgIpc) is 2.98. The minimum absolute atomic E-state index is 0.109. The van der Waals surface area contributed by atoms with Crippen LogP contribution in [0.1, 0.15) is 24.9 Å². The molecule has 1 N–H and O–H groups in total.